The number of esters is 1. The fourth-order valence-electron chi connectivity index (χ4n) is 3.53. The molecule has 0 amide bonds. The molecule has 0 saturated heterocycles. The van der Waals surface area contributed by atoms with Crippen LogP contribution in [0.1, 0.15) is 55.1 Å². The summed E-state index contributed by atoms with van der Waals surface area (Å²) < 4.78 is 5.68. The summed E-state index contributed by atoms with van der Waals surface area (Å²) in [6, 6.07) is 6.16. The van der Waals surface area contributed by atoms with Crippen LogP contribution in [0.4, 0.5) is 0 Å². The van der Waals surface area contributed by atoms with E-state index in [1.165, 1.54) is 5.56 Å². The zero-order valence-electron chi connectivity index (χ0n) is 11.7. The van der Waals surface area contributed by atoms with Gasteiger partial charge < -0.3 is 4.74 Å². The van der Waals surface area contributed by atoms with Crippen molar-refractivity contribution in [3.05, 3.63) is 34.9 Å². The van der Waals surface area contributed by atoms with Gasteiger partial charge in [0.05, 0.1) is 5.56 Å². The molecule has 1 fully saturated rings. The minimum absolute atomic E-state index is 0.0233. The molecule has 0 unspecified atom stereocenters. The number of rotatable bonds is 0. The average molecular weight is 244 g/mol. The number of aryl methyl sites for hydroxylation is 1. The molecule has 2 nitrogen and oxygen atoms in total. The Kier molecular flexibility index (Phi) is 2.07. The molecular weight excluding hydrogens is 224 g/mol. The Labute approximate surface area is 108 Å². The van der Waals surface area contributed by atoms with Crippen molar-refractivity contribution < 1.29 is 9.53 Å². The van der Waals surface area contributed by atoms with Crippen LogP contribution in [0.15, 0.2) is 18.2 Å². The maximum Gasteiger partial charge on any atom is 0.338 e. The van der Waals surface area contributed by atoms with Gasteiger partial charge >= 0.3 is 5.97 Å². The Balaban J connectivity index is 2.16. The number of carbonyl (C=O) groups is 1. The van der Waals surface area contributed by atoms with Gasteiger partial charge in [-0.25, -0.2) is 4.79 Å². The van der Waals surface area contributed by atoms with Gasteiger partial charge in [-0.05, 0) is 24.0 Å². The molecule has 1 heterocycles. The van der Waals surface area contributed by atoms with Crippen molar-refractivity contribution in [3.8, 4) is 0 Å². The predicted octanol–water partition coefficient (Wildman–Crippen LogP) is 3.68. The van der Waals surface area contributed by atoms with Crippen LogP contribution < -0.4 is 0 Å². The standard InChI is InChI=1S/C16H20O2/c1-9-6-7-10-11(8-9)14(17)18-13-12(10)15(2,3)16(13,4)5/h6-8,12-13H,1-5H3/t12-,13+/m0/s1. The SMILES string of the molecule is Cc1ccc2c(c1)C(=O)O[C@@H]1[C@H]2C(C)(C)C1(C)C. The number of hydrogen-bond acceptors (Lipinski definition) is 2. The zero-order valence-corrected chi connectivity index (χ0v) is 11.7. The molecule has 3 rings (SSSR count). The molecule has 96 valence electrons. The van der Waals surface area contributed by atoms with Crippen LogP contribution in [0.3, 0.4) is 0 Å². The molecule has 2 heteroatoms. The molecule has 1 aliphatic carbocycles. The second-order valence-corrected chi connectivity index (χ2v) is 6.84. The van der Waals surface area contributed by atoms with E-state index in [-0.39, 0.29) is 22.9 Å². The van der Waals surface area contributed by atoms with Crippen molar-refractivity contribution in [2.24, 2.45) is 10.8 Å². The van der Waals surface area contributed by atoms with Gasteiger partial charge in [0.25, 0.3) is 0 Å². The molecule has 0 N–H and O–H groups in total. The summed E-state index contributed by atoms with van der Waals surface area (Å²) in [5, 5.41) is 0. The van der Waals surface area contributed by atoms with Gasteiger partial charge in [0.1, 0.15) is 6.10 Å². The number of ether oxygens (including phenoxy) is 1. The number of carbonyl (C=O) groups excluding carboxylic acids is 1. The van der Waals surface area contributed by atoms with Gasteiger partial charge in [-0.2, -0.15) is 0 Å². The first-order chi connectivity index (χ1) is 8.26. The van der Waals surface area contributed by atoms with Crippen molar-refractivity contribution in [1.29, 1.82) is 0 Å². The summed E-state index contributed by atoms with van der Waals surface area (Å²) in [4.78, 5) is 12.1. The van der Waals surface area contributed by atoms with Gasteiger partial charge in [-0.15, -0.1) is 0 Å². The van der Waals surface area contributed by atoms with Gasteiger partial charge in [0.2, 0.25) is 0 Å². The second-order valence-electron chi connectivity index (χ2n) is 6.84. The highest BCUT2D eigenvalue weighted by Gasteiger charge is 2.66. The molecule has 2 aliphatic rings. The molecule has 18 heavy (non-hydrogen) atoms. The topological polar surface area (TPSA) is 26.3 Å². The third-order valence-corrected chi connectivity index (χ3v) is 5.45. The lowest BCUT2D eigenvalue weighted by molar-refractivity contribution is -0.184. The van der Waals surface area contributed by atoms with E-state index in [0.717, 1.165) is 11.1 Å². The smallest absolute Gasteiger partial charge is 0.338 e. The van der Waals surface area contributed by atoms with Crippen LogP contribution >= 0.6 is 0 Å². The first-order valence-electron chi connectivity index (χ1n) is 6.58. The Hall–Kier alpha value is -1.31. The van der Waals surface area contributed by atoms with Crippen LogP contribution in [-0.2, 0) is 4.74 Å². The maximum absolute atomic E-state index is 12.1. The minimum atomic E-state index is -0.154. The highest BCUT2D eigenvalue weighted by molar-refractivity contribution is 5.93. The maximum atomic E-state index is 12.1. The lowest BCUT2D eigenvalue weighted by Gasteiger charge is -2.65. The Bertz CT molecular complexity index is 540. The van der Waals surface area contributed by atoms with E-state index in [1.807, 2.05) is 13.0 Å². The molecule has 1 aliphatic heterocycles. The van der Waals surface area contributed by atoms with Gasteiger partial charge in [-0.3, -0.25) is 0 Å². The molecule has 0 spiro atoms. The summed E-state index contributed by atoms with van der Waals surface area (Å²) in [7, 11) is 0. The van der Waals surface area contributed by atoms with E-state index in [0.29, 0.717) is 5.92 Å². The van der Waals surface area contributed by atoms with E-state index in [4.69, 9.17) is 4.74 Å². The van der Waals surface area contributed by atoms with Gasteiger partial charge in [0.15, 0.2) is 0 Å². The third kappa shape index (κ3) is 1.16. The summed E-state index contributed by atoms with van der Waals surface area (Å²) in [6.45, 7) is 10.9. The lowest BCUT2D eigenvalue weighted by atomic mass is 9.42. The quantitative estimate of drug-likeness (QED) is 0.651. The van der Waals surface area contributed by atoms with Crippen LogP contribution in [0.25, 0.3) is 0 Å². The predicted molar refractivity (Wildman–Crippen MR) is 70.7 cm³/mol. The van der Waals surface area contributed by atoms with Crippen molar-refractivity contribution in [1.82, 2.24) is 0 Å². The van der Waals surface area contributed by atoms with Crippen LogP contribution in [0.5, 0.6) is 0 Å². The molecular formula is C16H20O2. The van der Waals surface area contributed by atoms with E-state index in [2.05, 4.69) is 39.8 Å². The summed E-state index contributed by atoms with van der Waals surface area (Å²) in [5.41, 5.74) is 3.24. The monoisotopic (exact) mass is 244 g/mol. The summed E-state index contributed by atoms with van der Waals surface area (Å²) >= 11 is 0. The second kappa shape index (κ2) is 3.17. The molecule has 0 radical (unpaired) electrons. The Morgan fingerprint density at radius 2 is 1.78 bits per heavy atom. The molecule has 1 saturated carbocycles. The molecule has 1 aromatic carbocycles. The van der Waals surface area contributed by atoms with E-state index in [1.54, 1.807) is 0 Å². The molecule has 2 atom stereocenters. The van der Waals surface area contributed by atoms with Crippen molar-refractivity contribution in [2.75, 3.05) is 0 Å². The average Bonchev–Trinajstić information content (AvgIpc) is 2.29. The largest absolute Gasteiger partial charge is 0.458 e. The number of hydrogen-bond donors (Lipinski definition) is 0. The molecule has 1 aromatic rings. The lowest BCUT2D eigenvalue weighted by Crippen LogP contribution is -2.65. The van der Waals surface area contributed by atoms with E-state index < -0.39 is 0 Å². The third-order valence-electron chi connectivity index (χ3n) is 5.45. The first kappa shape index (κ1) is 11.8. The minimum Gasteiger partial charge on any atom is -0.458 e. The summed E-state index contributed by atoms with van der Waals surface area (Å²) in [6.07, 6.45) is 0.0233. The highest BCUT2D eigenvalue weighted by Crippen LogP contribution is 2.67. The fraction of sp³-hybridized carbons (Fsp3) is 0.562. The summed E-state index contributed by atoms with van der Waals surface area (Å²) in [5.74, 6) is 0.180. The van der Waals surface area contributed by atoms with Gasteiger partial charge in [0, 0.05) is 11.3 Å². The fourth-order valence-corrected chi connectivity index (χ4v) is 3.53. The molecule has 0 bridgehead atoms. The van der Waals surface area contributed by atoms with E-state index >= 15 is 0 Å². The van der Waals surface area contributed by atoms with E-state index in [9.17, 15) is 4.79 Å². The van der Waals surface area contributed by atoms with Crippen molar-refractivity contribution in [3.63, 3.8) is 0 Å². The zero-order chi connectivity index (χ0) is 13.3. The first-order valence-corrected chi connectivity index (χ1v) is 6.58. The normalized spacial score (nSPS) is 30.8. The van der Waals surface area contributed by atoms with Crippen LogP contribution in [0.2, 0.25) is 0 Å². The van der Waals surface area contributed by atoms with Crippen molar-refractivity contribution >= 4 is 5.97 Å². The van der Waals surface area contributed by atoms with Crippen molar-refractivity contribution in [2.45, 2.75) is 46.6 Å². The molecule has 0 aromatic heterocycles. The Morgan fingerprint density at radius 1 is 1.11 bits per heavy atom. The highest BCUT2D eigenvalue weighted by atomic mass is 16.5. The number of benzene rings is 1. The van der Waals surface area contributed by atoms with Crippen LogP contribution in [0, 0.1) is 17.8 Å². The van der Waals surface area contributed by atoms with Gasteiger partial charge in [-0.1, -0.05) is 45.4 Å². The number of fused-ring (bicyclic) bond motifs is 3. The Morgan fingerprint density at radius 3 is 2.44 bits per heavy atom. The van der Waals surface area contributed by atoms with Crippen LogP contribution in [-0.4, -0.2) is 12.1 Å².